The highest BCUT2D eigenvalue weighted by atomic mass is 32.2. The molecule has 2 fully saturated rings. The Hall–Kier alpha value is -6.02. The average molecular weight is 738 g/mol. The van der Waals surface area contributed by atoms with E-state index >= 15 is 0 Å². The van der Waals surface area contributed by atoms with E-state index in [0.29, 0.717) is 28.1 Å². The molecule has 1 saturated heterocycles. The molecule has 2 heterocycles. The number of fused-ring (bicyclic) bond motifs is 1. The van der Waals surface area contributed by atoms with Crippen molar-refractivity contribution in [2.24, 2.45) is 5.92 Å². The van der Waals surface area contributed by atoms with E-state index in [4.69, 9.17) is 14.5 Å². The molecule has 274 valence electrons. The van der Waals surface area contributed by atoms with Crippen LogP contribution in [0.5, 0.6) is 11.5 Å². The fraction of sp³-hybridized carbons (Fsp3) is 0.256. The third-order valence-electron chi connectivity index (χ3n) is 9.35. The van der Waals surface area contributed by atoms with Crippen molar-refractivity contribution in [1.82, 2.24) is 25.2 Å². The molecule has 4 atom stereocenters. The smallest absolute Gasteiger partial charge is 0.264 e. The Morgan fingerprint density at radius 2 is 1.72 bits per heavy atom. The number of rotatable bonds is 13. The first-order valence-electron chi connectivity index (χ1n) is 16.9. The second-order valence-electron chi connectivity index (χ2n) is 13.0. The van der Waals surface area contributed by atoms with Gasteiger partial charge in [0.2, 0.25) is 17.7 Å². The summed E-state index contributed by atoms with van der Waals surface area (Å²) in [6, 6.07) is 22.9. The molecule has 4 aromatic rings. The lowest BCUT2D eigenvalue weighted by Gasteiger charge is -2.26. The van der Waals surface area contributed by atoms with Gasteiger partial charge in [0.05, 0.1) is 36.3 Å². The highest BCUT2D eigenvalue weighted by Gasteiger charge is 2.61. The van der Waals surface area contributed by atoms with Crippen LogP contribution in [0.15, 0.2) is 115 Å². The fourth-order valence-electron chi connectivity index (χ4n) is 6.36. The van der Waals surface area contributed by atoms with E-state index in [-0.39, 0.29) is 29.9 Å². The van der Waals surface area contributed by atoms with Crippen LogP contribution < -0.4 is 24.8 Å². The van der Waals surface area contributed by atoms with Gasteiger partial charge >= 0.3 is 0 Å². The topological polar surface area (TPSA) is 173 Å². The Labute approximate surface area is 307 Å². The molecule has 1 aliphatic heterocycles. The minimum absolute atomic E-state index is 0.0193. The molecule has 0 radical (unpaired) electrons. The van der Waals surface area contributed by atoms with Crippen LogP contribution in [-0.4, -0.2) is 79.8 Å². The number of pyridine rings is 1. The van der Waals surface area contributed by atoms with Gasteiger partial charge in [0, 0.05) is 41.0 Å². The van der Waals surface area contributed by atoms with Gasteiger partial charge in [-0.15, -0.1) is 6.58 Å². The van der Waals surface area contributed by atoms with Crippen LogP contribution >= 0.6 is 0 Å². The number of sulfonamides is 1. The molecule has 3 aromatic carbocycles. The number of carbonyl (C=O) groups is 4. The van der Waals surface area contributed by atoms with Gasteiger partial charge < -0.3 is 25.0 Å². The molecule has 53 heavy (non-hydrogen) atoms. The van der Waals surface area contributed by atoms with E-state index in [9.17, 15) is 27.6 Å². The number of likely N-dealkylation sites (tertiary alicyclic amines) is 1. The Morgan fingerprint density at radius 3 is 2.36 bits per heavy atom. The molecule has 1 aromatic heterocycles. The quantitative estimate of drug-likeness (QED) is 0.137. The molecule has 6 rings (SSSR count). The maximum atomic E-state index is 14.1. The van der Waals surface area contributed by atoms with Crippen molar-refractivity contribution >= 4 is 44.6 Å². The van der Waals surface area contributed by atoms with Gasteiger partial charge in [0.25, 0.3) is 15.9 Å². The number of benzene rings is 3. The standard InChI is InChI=1S/C39H39N5O8S/c1-5-26-21-39(26,38(48)43-53(49,50)29-14-10-7-11-15-29)42-37(47)33-19-28(23-44(33)35(45)22-40-36(46)24(2)3)52-34-20-31(25-12-8-6-9-13-25)41-32-18-27(51-4)16-17-30(32)34/h5-18,20,26,28,33H,1-2,19,21-23H2,3-4H3,(H,40,46)(H,42,47)(H,43,48)/t26-,28-,33+,39-/m1/s1. The summed E-state index contributed by atoms with van der Waals surface area (Å²) in [5.41, 5.74) is 0.660. The zero-order chi connectivity index (χ0) is 37.9. The number of hydrogen-bond acceptors (Lipinski definition) is 9. The summed E-state index contributed by atoms with van der Waals surface area (Å²) in [5.74, 6) is -2.23. The maximum absolute atomic E-state index is 14.1. The second kappa shape index (κ2) is 14.9. The van der Waals surface area contributed by atoms with Crippen molar-refractivity contribution in [3.63, 3.8) is 0 Å². The number of aromatic nitrogens is 1. The highest BCUT2D eigenvalue weighted by Crippen LogP contribution is 2.45. The lowest BCUT2D eigenvalue weighted by molar-refractivity contribution is -0.139. The van der Waals surface area contributed by atoms with E-state index in [1.165, 1.54) is 42.2 Å². The molecule has 4 amide bonds. The predicted molar refractivity (Wildman–Crippen MR) is 197 cm³/mol. The molecule has 3 N–H and O–H groups in total. The van der Waals surface area contributed by atoms with Gasteiger partial charge in [-0.1, -0.05) is 61.2 Å². The zero-order valence-corrected chi connectivity index (χ0v) is 30.0. The monoisotopic (exact) mass is 737 g/mol. The number of nitrogens with one attached hydrogen (secondary N) is 3. The Bertz CT molecular complexity index is 2210. The first-order chi connectivity index (χ1) is 25.3. The summed E-state index contributed by atoms with van der Waals surface area (Å²) in [6.07, 6.45) is 0.883. The average Bonchev–Trinajstić information content (AvgIpc) is 3.72. The van der Waals surface area contributed by atoms with Crippen LogP contribution in [-0.2, 0) is 29.2 Å². The molecular formula is C39H39N5O8S. The Balaban J connectivity index is 1.29. The van der Waals surface area contributed by atoms with Crippen LogP contribution in [0.3, 0.4) is 0 Å². The van der Waals surface area contributed by atoms with E-state index in [2.05, 4.69) is 28.5 Å². The molecule has 0 spiro atoms. The molecule has 14 heteroatoms. The summed E-state index contributed by atoms with van der Waals surface area (Å²) in [5, 5.41) is 5.93. The molecular weight excluding hydrogens is 699 g/mol. The third-order valence-corrected chi connectivity index (χ3v) is 10.7. The van der Waals surface area contributed by atoms with Crippen molar-refractivity contribution in [2.75, 3.05) is 20.2 Å². The number of hydrogen-bond donors (Lipinski definition) is 3. The van der Waals surface area contributed by atoms with Gasteiger partial charge in [0.15, 0.2) is 0 Å². The molecule has 0 bridgehead atoms. The first kappa shape index (κ1) is 36.8. The lowest BCUT2D eigenvalue weighted by atomic mass is 10.1. The Morgan fingerprint density at radius 1 is 1.02 bits per heavy atom. The second-order valence-corrected chi connectivity index (χ2v) is 14.7. The number of methoxy groups -OCH3 is 1. The van der Waals surface area contributed by atoms with Crippen LogP contribution in [0.1, 0.15) is 19.8 Å². The Kier molecular flexibility index (Phi) is 10.3. The maximum Gasteiger partial charge on any atom is 0.264 e. The van der Waals surface area contributed by atoms with Gasteiger partial charge in [-0.3, -0.25) is 19.2 Å². The van der Waals surface area contributed by atoms with E-state index < -0.39 is 63.8 Å². The number of nitrogens with zero attached hydrogens (tertiary/aromatic N) is 2. The van der Waals surface area contributed by atoms with Gasteiger partial charge in [-0.05, 0) is 37.6 Å². The molecule has 13 nitrogen and oxygen atoms in total. The van der Waals surface area contributed by atoms with Crippen LogP contribution in [0.2, 0.25) is 0 Å². The summed E-state index contributed by atoms with van der Waals surface area (Å²) in [4.78, 5) is 59.6. The number of amides is 4. The molecule has 1 saturated carbocycles. The molecule has 1 aliphatic carbocycles. The van der Waals surface area contributed by atoms with Crippen molar-refractivity contribution in [2.45, 2.75) is 42.3 Å². The largest absolute Gasteiger partial charge is 0.497 e. The van der Waals surface area contributed by atoms with Crippen molar-refractivity contribution in [1.29, 1.82) is 0 Å². The molecule has 2 aliphatic rings. The minimum atomic E-state index is -4.26. The predicted octanol–water partition coefficient (Wildman–Crippen LogP) is 3.52. The van der Waals surface area contributed by atoms with Crippen molar-refractivity contribution in [3.8, 4) is 22.8 Å². The summed E-state index contributed by atoms with van der Waals surface area (Å²) < 4.78 is 40.2. The van der Waals surface area contributed by atoms with Gasteiger partial charge in [-0.25, -0.2) is 18.1 Å². The van der Waals surface area contributed by atoms with Crippen molar-refractivity contribution in [3.05, 3.63) is 110 Å². The highest BCUT2D eigenvalue weighted by molar-refractivity contribution is 7.90. The van der Waals surface area contributed by atoms with Crippen molar-refractivity contribution < 1.29 is 37.1 Å². The number of carbonyl (C=O) groups excluding carboxylic acids is 4. The van der Waals surface area contributed by atoms with E-state index in [1.54, 1.807) is 31.4 Å². The van der Waals surface area contributed by atoms with Crippen LogP contribution in [0, 0.1) is 5.92 Å². The van der Waals surface area contributed by atoms with E-state index in [1.807, 2.05) is 36.4 Å². The van der Waals surface area contributed by atoms with E-state index in [0.717, 1.165) is 5.56 Å². The van der Waals surface area contributed by atoms with Crippen LogP contribution in [0.25, 0.3) is 22.2 Å². The van der Waals surface area contributed by atoms with Gasteiger partial charge in [-0.2, -0.15) is 0 Å². The first-order valence-corrected chi connectivity index (χ1v) is 18.3. The summed E-state index contributed by atoms with van der Waals surface area (Å²) in [7, 11) is -2.70. The normalized spacial score (nSPS) is 20.6. The third kappa shape index (κ3) is 7.77. The minimum Gasteiger partial charge on any atom is -0.497 e. The molecule has 0 unspecified atom stereocenters. The lowest BCUT2D eigenvalue weighted by Crippen LogP contribution is -2.57. The summed E-state index contributed by atoms with van der Waals surface area (Å²) in [6.45, 7) is 8.40. The van der Waals surface area contributed by atoms with Crippen LogP contribution in [0.4, 0.5) is 0 Å². The fourth-order valence-corrected chi connectivity index (χ4v) is 7.42. The summed E-state index contributed by atoms with van der Waals surface area (Å²) >= 11 is 0. The number of ether oxygens (including phenoxy) is 2. The zero-order valence-electron chi connectivity index (χ0n) is 29.2. The van der Waals surface area contributed by atoms with Gasteiger partial charge in [0.1, 0.15) is 29.2 Å². The SMILES string of the molecule is C=C[C@@H]1C[C@]1(NC(=O)[C@@H]1C[C@@H](Oc2cc(-c3ccccc3)nc3cc(OC)ccc23)CN1C(=O)CNC(=O)C(=C)C)C(=O)NS(=O)(=O)c1ccccc1.